The van der Waals surface area contributed by atoms with Gasteiger partial charge in [0.1, 0.15) is 17.4 Å². The van der Waals surface area contributed by atoms with E-state index in [0.29, 0.717) is 17.3 Å². The van der Waals surface area contributed by atoms with Gasteiger partial charge in [-0.05, 0) is 38.1 Å². The van der Waals surface area contributed by atoms with Crippen LogP contribution >= 0.6 is 11.3 Å². The van der Waals surface area contributed by atoms with E-state index in [1.165, 1.54) is 17.4 Å². The van der Waals surface area contributed by atoms with Gasteiger partial charge >= 0.3 is 0 Å². The standard InChI is InChI=1S/C19H17FN2O2S/c1-12-11-25-18(21-12)19(2)17(23)10-16(24-19)14-3-4-15-13(9-14)5-7-22(15)8-6-20/h3-5,7,9-11H,6,8H2,1-2H3. The minimum atomic E-state index is -1.07. The zero-order valence-electron chi connectivity index (χ0n) is 14.0. The van der Waals surface area contributed by atoms with Crippen LogP contribution in [-0.4, -0.2) is 22.0 Å². The lowest BCUT2D eigenvalue weighted by Gasteiger charge is -2.21. The summed E-state index contributed by atoms with van der Waals surface area (Å²) in [7, 11) is 0. The van der Waals surface area contributed by atoms with E-state index in [9.17, 15) is 9.18 Å². The highest BCUT2D eigenvalue weighted by atomic mass is 32.1. The molecule has 128 valence electrons. The molecule has 0 fully saturated rings. The first-order valence-corrected chi connectivity index (χ1v) is 8.92. The number of aryl methyl sites for hydroxylation is 2. The van der Waals surface area contributed by atoms with Crippen molar-refractivity contribution in [2.24, 2.45) is 0 Å². The number of thiazole rings is 1. The van der Waals surface area contributed by atoms with Crippen molar-refractivity contribution in [3.05, 3.63) is 58.2 Å². The molecule has 0 spiro atoms. The van der Waals surface area contributed by atoms with E-state index in [0.717, 1.165) is 22.2 Å². The lowest BCUT2D eigenvalue weighted by molar-refractivity contribution is -0.127. The van der Waals surface area contributed by atoms with E-state index >= 15 is 0 Å². The minimum Gasteiger partial charge on any atom is -0.471 e. The van der Waals surface area contributed by atoms with Gasteiger partial charge in [0, 0.05) is 39.8 Å². The maximum absolute atomic E-state index is 12.6. The van der Waals surface area contributed by atoms with E-state index in [2.05, 4.69) is 4.98 Å². The number of benzene rings is 1. The number of carbonyl (C=O) groups excluding carboxylic acids is 1. The molecule has 2 aromatic heterocycles. The fraction of sp³-hybridized carbons (Fsp3) is 0.263. The molecule has 1 unspecified atom stereocenters. The summed E-state index contributed by atoms with van der Waals surface area (Å²) in [6.07, 6.45) is 3.40. The second-order valence-corrected chi connectivity index (χ2v) is 7.13. The number of hydrogen-bond donors (Lipinski definition) is 0. The number of halogens is 1. The van der Waals surface area contributed by atoms with Crippen LogP contribution in [-0.2, 0) is 21.7 Å². The Kier molecular flexibility index (Phi) is 3.72. The minimum absolute atomic E-state index is 0.105. The summed E-state index contributed by atoms with van der Waals surface area (Å²) in [5.74, 6) is 0.437. The molecule has 1 aliphatic heterocycles. The van der Waals surface area contributed by atoms with E-state index in [4.69, 9.17) is 4.74 Å². The predicted molar refractivity (Wildman–Crippen MR) is 96.2 cm³/mol. The quantitative estimate of drug-likeness (QED) is 0.703. The van der Waals surface area contributed by atoms with E-state index < -0.39 is 12.3 Å². The van der Waals surface area contributed by atoms with E-state index in [1.54, 1.807) is 6.92 Å². The Bertz CT molecular complexity index is 1000. The largest absolute Gasteiger partial charge is 0.471 e. The summed E-state index contributed by atoms with van der Waals surface area (Å²) in [5, 5.41) is 3.56. The number of ketones is 1. The number of aromatic nitrogens is 2. The average Bonchev–Trinajstić information content (AvgIpc) is 3.27. The Morgan fingerprint density at radius 3 is 2.92 bits per heavy atom. The fourth-order valence-corrected chi connectivity index (χ4v) is 3.96. The number of hydrogen-bond acceptors (Lipinski definition) is 4. The van der Waals surface area contributed by atoms with E-state index in [-0.39, 0.29) is 5.78 Å². The Morgan fingerprint density at radius 1 is 1.36 bits per heavy atom. The van der Waals surface area contributed by atoms with Gasteiger partial charge in [0.05, 0.1) is 6.54 Å². The zero-order chi connectivity index (χ0) is 17.6. The molecule has 0 aliphatic carbocycles. The summed E-state index contributed by atoms with van der Waals surface area (Å²) in [6.45, 7) is 3.59. The zero-order valence-corrected chi connectivity index (χ0v) is 14.8. The summed E-state index contributed by atoms with van der Waals surface area (Å²) in [6, 6.07) is 7.73. The van der Waals surface area contributed by atoms with Gasteiger partial charge in [0.2, 0.25) is 11.4 Å². The average molecular weight is 356 g/mol. The monoisotopic (exact) mass is 356 g/mol. The van der Waals surface area contributed by atoms with Crippen molar-refractivity contribution in [1.29, 1.82) is 0 Å². The first-order chi connectivity index (χ1) is 12.0. The first-order valence-electron chi connectivity index (χ1n) is 8.04. The number of nitrogens with zero attached hydrogens (tertiary/aromatic N) is 2. The normalized spacial score (nSPS) is 20.1. The fourth-order valence-electron chi connectivity index (χ4n) is 3.06. The second-order valence-electron chi connectivity index (χ2n) is 6.27. The second kappa shape index (κ2) is 5.81. The van der Waals surface area contributed by atoms with Crippen LogP contribution < -0.4 is 0 Å². The SMILES string of the molecule is Cc1csc(C2(C)OC(c3ccc4c(ccn4CCF)c3)=CC2=O)n1. The molecule has 3 heterocycles. The summed E-state index contributed by atoms with van der Waals surface area (Å²) in [4.78, 5) is 17.0. The highest BCUT2D eigenvalue weighted by Crippen LogP contribution is 2.40. The third kappa shape index (κ3) is 2.57. The third-order valence-corrected chi connectivity index (χ3v) is 5.62. The number of alkyl halides is 1. The molecule has 4 rings (SSSR count). The van der Waals surface area contributed by atoms with Crippen molar-refractivity contribution in [2.75, 3.05) is 6.67 Å². The van der Waals surface area contributed by atoms with Crippen molar-refractivity contribution in [1.82, 2.24) is 9.55 Å². The molecule has 0 saturated carbocycles. The maximum Gasteiger partial charge on any atom is 0.219 e. The topological polar surface area (TPSA) is 44.1 Å². The predicted octanol–water partition coefficient (Wildman–Crippen LogP) is 4.23. The van der Waals surface area contributed by atoms with Crippen LogP contribution in [0, 0.1) is 6.92 Å². The van der Waals surface area contributed by atoms with Crippen LogP contribution in [0.25, 0.3) is 16.7 Å². The van der Waals surface area contributed by atoms with Gasteiger partial charge in [-0.15, -0.1) is 11.3 Å². The number of ether oxygens (including phenoxy) is 1. The van der Waals surface area contributed by atoms with Crippen molar-refractivity contribution < 1.29 is 13.9 Å². The maximum atomic E-state index is 12.6. The lowest BCUT2D eigenvalue weighted by atomic mass is 10.0. The van der Waals surface area contributed by atoms with Gasteiger partial charge in [-0.3, -0.25) is 4.79 Å². The Balaban J connectivity index is 1.68. The Morgan fingerprint density at radius 2 is 2.20 bits per heavy atom. The first kappa shape index (κ1) is 16.0. The van der Waals surface area contributed by atoms with Crippen molar-refractivity contribution in [3.63, 3.8) is 0 Å². The van der Waals surface area contributed by atoms with Gasteiger partial charge in [-0.25, -0.2) is 9.37 Å². The molecule has 1 atom stereocenters. The van der Waals surface area contributed by atoms with Crippen LogP contribution in [0.2, 0.25) is 0 Å². The number of fused-ring (bicyclic) bond motifs is 1. The molecule has 0 bridgehead atoms. The van der Waals surface area contributed by atoms with Gasteiger partial charge < -0.3 is 9.30 Å². The molecule has 0 saturated heterocycles. The molecule has 0 radical (unpaired) electrons. The Hall–Kier alpha value is -2.47. The number of rotatable bonds is 4. The van der Waals surface area contributed by atoms with Crippen molar-refractivity contribution in [3.8, 4) is 0 Å². The van der Waals surface area contributed by atoms with Crippen LogP contribution in [0.4, 0.5) is 4.39 Å². The Labute approximate surface area is 148 Å². The van der Waals surface area contributed by atoms with Gasteiger partial charge in [0.25, 0.3) is 0 Å². The van der Waals surface area contributed by atoms with Crippen LogP contribution in [0.15, 0.2) is 41.9 Å². The molecular formula is C19H17FN2O2S. The van der Waals surface area contributed by atoms with Crippen molar-refractivity contribution in [2.45, 2.75) is 26.0 Å². The third-order valence-electron chi connectivity index (χ3n) is 4.45. The highest BCUT2D eigenvalue weighted by Gasteiger charge is 2.44. The summed E-state index contributed by atoms with van der Waals surface area (Å²) < 4.78 is 20.5. The highest BCUT2D eigenvalue weighted by molar-refractivity contribution is 7.10. The van der Waals surface area contributed by atoms with Gasteiger partial charge in [-0.2, -0.15) is 0 Å². The van der Waals surface area contributed by atoms with Crippen molar-refractivity contribution >= 4 is 33.8 Å². The molecule has 0 amide bonds. The molecular weight excluding hydrogens is 339 g/mol. The van der Waals surface area contributed by atoms with Gasteiger partial charge in [0.15, 0.2) is 0 Å². The smallest absolute Gasteiger partial charge is 0.219 e. The van der Waals surface area contributed by atoms with Crippen LogP contribution in [0.1, 0.15) is 23.2 Å². The summed E-state index contributed by atoms with van der Waals surface area (Å²) >= 11 is 1.43. The molecule has 1 aliphatic rings. The molecule has 25 heavy (non-hydrogen) atoms. The molecule has 6 heteroatoms. The molecule has 3 aromatic rings. The number of carbonyl (C=O) groups is 1. The van der Waals surface area contributed by atoms with Crippen LogP contribution in [0.3, 0.4) is 0 Å². The van der Waals surface area contributed by atoms with Gasteiger partial charge in [-0.1, -0.05) is 0 Å². The molecule has 0 N–H and O–H groups in total. The van der Waals surface area contributed by atoms with Crippen LogP contribution in [0.5, 0.6) is 0 Å². The molecule has 1 aromatic carbocycles. The lowest BCUT2D eigenvalue weighted by Crippen LogP contribution is -2.29. The summed E-state index contributed by atoms with van der Waals surface area (Å²) in [5.41, 5.74) is 1.60. The van der Waals surface area contributed by atoms with E-state index in [1.807, 2.05) is 47.3 Å². The molecule has 4 nitrogen and oxygen atoms in total.